The lowest BCUT2D eigenvalue weighted by atomic mass is 9.95. The number of aliphatic hydroxyl groups excluding tert-OH is 1. The predicted molar refractivity (Wildman–Crippen MR) is 147 cm³/mol. The van der Waals surface area contributed by atoms with Gasteiger partial charge in [0.1, 0.15) is 30.5 Å². The average molecular weight is 529 g/mol. The second-order valence-electron chi connectivity index (χ2n) is 9.37. The Balaban J connectivity index is 1.57. The zero-order valence-electron chi connectivity index (χ0n) is 22.1. The molecule has 0 aliphatic carbocycles. The Morgan fingerprint density at radius 2 is 1.64 bits per heavy atom. The van der Waals surface area contributed by atoms with Crippen LogP contribution in [0.25, 0.3) is 5.76 Å². The predicted octanol–water partition coefficient (Wildman–Crippen LogP) is 5.01. The minimum absolute atomic E-state index is 0.0353. The molecule has 1 saturated heterocycles. The van der Waals surface area contributed by atoms with Crippen molar-refractivity contribution in [1.82, 2.24) is 9.80 Å². The Morgan fingerprint density at radius 3 is 2.38 bits per heavy atom. The van der Waals surface area contributed by atoms with Crippen molar-refractivity contribution >= 4 is 17.4 Å². The van der Waals surface area contributed by atoms with Crippen molar-refractivity contribution in [3.8, 4) is 23.0 Å². The van der Waals surface area contributed by atoms with Gasteiger partial charge in [-0.25, -0.2) is 0 Å². The summed E-state index contributed by atoms with van der Waals surface area (Å²) in [5.74, 6) is 0.668. The molecule has 0 saturated carbocycles. The number of carbonyl (C=O) groups is 2. The van der Waals surface area contributed by atoms with E-state index in [2.05, 4.69) is 18.7 Å². The first-order valence-corrected chi connectivity index (χ1v) is 13.2. The number of benzene rings is 3. The number of rotatable bonds is 9. The largest absolute Gasteiger partial charge is 0.507 e. The van der Waals surface area contributed by atoms with Crippen molar-refractivity contribution in [2.24, 2.45) is 0 Å². The van der Waals surface area contributed by atoms with E-state index >= 15 is 0 Å². The van der Waals surface area contributed by atoms with E-state index in [1.807, 2.05) is 54.6 Å². The summed E-state index contributed by atoms with van der Waals surface area (Å²) in [5, 5.41) is 11.5. The number of fused-ring (bicyclic) bond motifs is 1. The van der Waals surface area contributed by atoms with Gasteiger partial charge in [-0.2, -0.15) is 0 Å². The number of likely N-dealkylation sites (tertiary alicyclic amines) is 1. The van der Waals surface area contributed by atoms with Crippen LogP contribution in [0.3, 0.4) is 0 Å². The molecular formula is C31H32N2O6. The first-order valence-electron chi connectivity index (χ1n) is 13.2. The molecule has 3 aromatic rings. The van der Waals surface area contributed by atoms with Gasteiger partial charge in [-0.05, 0) is 61.1 Å². The SMILES string of the molecule is CCN(CC)CCN1C(=O)C(=O)C(=C(O)c2ccc3c(c2)OCCO3)[C@H]1c1cccc(Oc2ccccc2)c1. The van der Waals surface area contributed by atoms with Gasteiger partial charge in [0.05, 0.1) is 11.6 Å². The smallest absolute Gasteiger partial charge is 0.295 e. The van der Waals surface area contributed by atoms with Gasteiger partial charge in [-0.3, -0.25) is 9.59 Å². The first-order chi connectivity index (χ1) is 19.0. The molecule has 2 heterocycles. The number of Topliss-reactive ketones (excluding diaryl/α,β-unsaturated/α-hetero) is 1. The molecule has 5 rings (SSSR count). The van der Waals surface area contributed by atoms with E-state index in [0.717, 1.165) is 13.1 Å². The van der Waals surface area contributed by atoms with Crippen LogP contribution in [-0.4, -0.2) is 66.0 Å². The van der Waals surface area contributed by atoms with Gasteiger partial charge in [0.2, 0.25) is 0 Å². The number of nitrogens with zero attached hydrogens (tertiary/aromatic N) is 2. The van der Waals surface area contributed by atoms with Crippen molar-refractivity contribution in [1.29, 1.82) is 0 Å². The summed E-state index contributed by atoms with van der Waals surface area (Å²) in [6, 6.07) is 20.9. The topological polar surface area (TPSA) is 88.5 Å². The van der Waals surface area contributed by atoms with E-state index in [0.29, 0.717) is 60.4 Å². The van der Waals surface area contributed by atoms with Crippen LogP contribution in [0.2, 0.25) is 0 Å². The molecule has 1 amide bonds. The van der Waals surface area contributed by atoms with Gasteiger partial charge in [0.15, 0.2) is 11.5 Å². The average Bonchev–Trinajstić information content (AvgIpc) is 3.23. The molecular weight excluding hydrogens is 496 g/mol. The third-order valence-electron chi connectivity index (χ3n) is 7.06. The Morgan fingerprint density at radius 1 is 0.923 bits per heavy atom. The number of hydrogen-bond donors (Lipinski definition) is 1. The molecule has 8 nitrogen and oxygen atoms in total. The molecule has 0 bridgehead atoms. The quantitative estimate of drug-likeness (QED) is 0.237. The van der Waals surface area contributed by atoms with E-state index in [1.54, 1.807) is 23.1 Å². The monoisotopic (exact) mass is 528 g/mol. The maximum absolute atomic E-state index is 13.5. The third kappa shape index (κ3) is 5.47. The summed E-state index contributed by atoms with van der Waals surface area (Å²) in [4.78, 5) is 30.6. The van der Waals surface area contributed by atoms with Crippen LogP contribution in [0, 0.1) is 0 Å². The van der Waals surface area contributed by atoms with E-state index < -0.39 is 17.7 Å². The number of para-hydroxylation sites is 1. The molecule has 0 aromatic heterocycles. The molecule has 1 fully saturated rings. The summed E-state index contributed by atoms with van der Waals surface area (Å²) in [5.41, 5.74) is 1.08. The van der Waals surface area contributed by atoms with Gasteiger partial charge in [0, 0.05) is 18.7 Å². The summed E-state index contributed by atoms with van der Waals surface area (Å²) in [6.45, 7) is 7.52. The van der Waals surface area contributed by atoms with Gasteiger partial charge in [-0.1, -0.05) is 44.2 Å². The van der Waals surface area contributed by atoms with E-state index in [1.165, 1.54) is 0 Å². The molecule has 2 aliphatic heterocycles. The number of hydrogen-bond acceptors (Lipinski definition) is 7. The summed E-state index contributed by atoms with van der Waals surface area (Å²) in [6.07, 6.45) is 0. The van der Waals surface area contributed by atoms with E-state index in [4.69, 9.17) is 14.2 Å². The molecule has 0 radical (unpaired) electrons. The Labute approximate surface area is 228 Å². The zero-order chi connectivity index (χ0) is 27.4. The highest BCUT2D eigenvalue weighted by molar-refractivity contribution is 6.46. The van der Waals surface area contributed by atoms with Crippen molar-refractivity contribution < 1.29 is 28.9 Å². The third-order valence-corrected chi connectivity index (χ3v) is 7.06. The molecule has 1 N–H and O–H groups in total. The highest BCUT2D eigenvalue weighted by Crippen LogP contribution is 2.42. The second-order valence-corrected chi connectivity index (χ2v) is 9.37. The number of aliphatic hydroxyl groups is 1. The van der Waals surface area contributed by atoms with E-state index in [9.17, 15) is 14.7 Å². The maximum atomic E-state index is 13.5. The van der Waals surface area contributed by atoms with Crippen molar-refractivity contribution in [2.45, 2.75) is 19.9 Å². The summed E-state index contributed by atoms with van der Waals surface area (Å²) in [7, 11) is 0. The molecule has 3 aromatic carbocycles. The fraction of sp³-hybridized carbons (Fsp3) is 0.290. The lowest BCUT2D eigenvalue weighted by Gasteiger charge is -2.28. The molecule has 8 heteroatoms. The van der Waals surface area contributed by atoms with Crippen molar-refractivity contribution in [3.63, 3.8) is 0 Å². The van der Waals surface area contributed by atoms with Gasteiger partial charge < -0.3 is 29.1 Å². The number of ketones is 1. The van der Waals surface area contributed by atoms with Crippen molar-refractivity contribution in [3.05, 3.63) is 89.5 Å². The Bertz CT molecular complexity index is 1380. The molecule has 2 aliphatic rings. The van der Waals surface area contributed by atoms with Gasteiger partial charge >= 0.3 is 0 Å². The fourth-order valence-corrected chi connectivity index (χ4v) is 4.97. The zero-order valence-corrected chi connectivity index (χ0v) is 22.1. The van der Waals surface area contributed by atoms with Crippen LogP contribution >= 0.6 is 0 Å². The van der Waals surface area contributed by atoms with Crippen molar-refractivity contribution in [2.75, 3.05) is 39.4 Å². The standard InChI is InChI=1S/C31H32N2O6/c1-3-32(4-2)15-16-33-28(21-9-8-12-24(19-21)39-23-10-6-5-7-11-23)27(30(35)31(33)36)29(34)22-13-14-25-26(20-22)38-18-17-37-25/h5-14,19-20,28,34H,3-4,15-18H2,1-2H3/t28-/m1/s1. The van der Waals surface area contributed by atoms with Crippen LogP contribution in [0.5, 0.6) is 23.0 Å². The highest BCUT2D eigenvalue weighted by atomic mass is 16.6. The highest BCUT2D eigenvalue weighted by Gasteiger charge is 2.46. The fourth-order valence-electron chi connectivity index (χ4n) is 4.97. The van der Waals surface area contributed by atoms with Crippen LogP contribution in [0.1, 0.15) is 31.0 Å². The molecule has 0 unspecified atom stereocenters. The minimum Gasteiger partial charge on any atom is -0.507 e. The molecule has 202 valence electrons. The minimum atomic E-state index is -0.784. The van der Waals surface area contributed by atoms with Crippen LogP contribution in [0.4, 0.5) is 0 Å². The second kappa shape index (κ2) is 11.6. The summed E-state index contributed by atoms with van der Waals surface area (Å²) < 4.78 is 17.3. The van der Waals surface area contributed by atoms with Gasteiger partial charge in [0.25, 0.3) is 11.7 Å². The van der Waals surface area contributed by atoms with Gasteiger partial charge in [-0.15, -0.1) is 0 Å². The molecule has 39 heavy (non-hydrogen) atoms. The van der Waals surface area contributed by atoms with Crippen LogP contribution in [0.15, 0.2) is 78.4 Å². The normalized spacial score (nSPS) is 18.0. The maximum Gasteiger partial charge on any atom is 0.295 e. The molecule has 0 spiro atoms. The number of carbonyl (C=O) groups excluding carboxylic acids is 2. The number of amides is 1. The number of ether oxygens (including phenoxy) is 3. The Kier molecular flexibility index (Phi) is 7.84. The van der Waals surface area contributed by atoms with Crippen LogP contribution < -0.4 is 14.2 Å². The molecule has 1 atom stereocenters. The van der Waals surface area contributed by atoms with E-state index in [-0.39, 0.29) is 11.3 Å². The first kappa shape index (κ1) is 26.3. The summed E-state index contributed by atoms with van der Waals surface area (Å²) >= 11 is 0. The Hall–Kier alpha value is -4.30. The lowest BCUT2D eigenvalue weighted by Crippen LogP contribution is -2.38. The lowest BCUT2D eigenvalue weighted by molar-refractivity contribution is -0.140. The van der Waals surface area contributed by atoms with Crippen LogP contribution in [-0.2, 0) is 9.59 Å². The number of likely N-dealkylation sites (N-methyl/N-ethyl adjacent to an activating group) is 1.